The van der Waals surface area contributed by atoms with E-state index in [2.05, 4.69) is 21.2 Å². The average Bonchev–Trinajstić information content (AvgIpc) is 2.77. The summed E-state index contributed by atoms with van der Waals surface area (Å²) in [6, 6.07) is 15.8. The SMILES string of the molecule is N#C/C(=C\c1cc(Br)ccc1OCc1ccc(Cl)cc1Cl)C(=O)Nc1cccc(C(F)(F)F)c1. The van der Waals surface area contributed by atoms with E-state index in [0.717, 1.165) is 18.2 Å². The molecule has 3 rings (SSSR count). The van der Waals surface area contributed by atoms with Crippen LogP contribution in [0.3, 0.4) is 0 Å². The highest BCUT2D eigenvalue weighted by Crippen LogP contribution is 2.31. The summed E-state index contributed by atoms with van der Waals surface area (Å²) in [6.07, 6.45) is -3.28. The number of halogens is 6. The summed E-state index contributed by atoms with van der Waals surface area (Å²) in [7, 11) is 0. The first-order valence-corrected chi connectivity index (χ1v) is 11.1. The number of nitriles is 1. The number of hydrogen-bond acceptors (Lipinski definition) is 3. The van der Waals surface area contributed by atoms with Crippen LogP contribution in [0.15, 0.2) is 70.7 Å². The Balaban J connectivity index is 1.84. The average molecular weight is 570 g/mol. The molecule has 34 heavy (non-hydrogen) atoms. The van der Waals surface area contributed by atoms with E-state index in [1.165, 1.54) is 12.1 Å². The van der Waals surface area contributed by atoms with Crippen molar-refractivity contribution in [2.75, 3.05) is 5.32 Å². The van der Waals surface area contributed by atoms with E-state index < -0.39 is 17.6 Å². The Hall–Kier alpha value is -2.99. The molecule has 0 saturated heterocycles. The molecular formula is C24H14BrCl2F3N2O2. The van der Waals surface area contributed by atoms with Gasteiger partial charge in [-0.25, -0.2) is 0 Å². The zero-order chi connectivity index (χ0) is 24.9. The van der Waals surface area contributed by atoms with Gasteiger partial charge in [0.15, 0.2) is 0 Å². The topological polar surface area (TPSA) is 62.1 Å². The smallest absolute Gasteiger partial charge is 0.416 e. The number of carbonyl (C=O) groups is 1. The van der Waals surface area contributed by atoms with Crippen molar-refractivity contribution in [3.8, 4) is 11.8 Å². The van der Waals surface area contributed by atoms with Crippen LogP contribution in [0.1, 0.15) is 16.7 Å². The minimum absolute atomic E-state index is 0.0935. The summed E-state index contributed by atoms with van der Waals surface area (Å²) in [4.78, 5) is 12.6. The molecule has 0 bridgehead atoms. The maximum atomic E-state index is 12.9. The lowest BCUT2D eigenvalue weighted by atomic mass is 10.1. The van der Waals surface area contributed by atoms with E-state index >= 15 is 0 Å². The van der Waals surface area contributed by atoms with Gasteiger partial charge in [-0.05, 0) is 54.6 Å². The molecule has 0 aromatic heterocycles. The monoisotopic (exact) mass is 568 g/mol. The lowest BCUT2D eigenvalue weighted by molar-refractivity contribution is -0.137. The summed E-state index contributed by atoms with van der Waals surface area (Å²) in [5.41, 5.74) is -0.271. The number of alkyl halides is 3. The number of hydrogen-bond donors (Lipinski definition) is 1. The third-order valence-electron chi connectivity index (χ3n) is 4.48. The number of nitrogens with one attached hydrogen (secondary N) is 1. The second kappa shape index (κ2) is 11.0. The van der Waals surface area contributed by atoms with Crippen LogP contribution >= 0.6 is 39.1 Å². The first-order valence-electron chi connectivity index (χ1n) is 9.53. The fourth-order valence-electron chi connectivity index (χ4n) is 2.83. The van der Waals surface area contributed by atoms with Gasteiger partial charge in [-0.3, -0.25) is 4.79 Å². The van der Waals surface area contributed by atoms with E-state index in [0.29, 0.717) is 31.4 Å². The number of rotatable bonds is 6. The van der Waals surface area contributed by atoms with Gasteiger partial charge < -0.3 is 10.1 Å². The van der Waals surface area contributed by atoms with Gasteiger partial charge in [-0.2, -0.15) is 18.4 Å². The van der Waals surface area contributed by atoms with E-state index in [1.54, 1.807) is 42.5 Å². The highest BCUT2D eigenvalue weighted by Gasteiger charge is 2.30. The first-order chi connectivity index (χ1) is 16.1. The fourth-order valence-corrected chi connectivity index (χ4v) is 3.68. The Morgan fingerprint density at radius 2 is 1.88 bits per heavy atom. The van der Waals surface area contributed by atoms with Crippen LogP contribution in [0.4, 0.5) is 18.9 Å². The molecule has 0 heterocycles. The summed E-state index contributed by atoms with van der Waals surface area (Å²) < 4.78 is 45.3. The Morgan fingerprint density at radius 3 is 2.56 bits per heavy atom. The number of ether oxygens (including phenoxy) is 1. The first kappa shape index (κ1) is 25.6. The van der Waals surface area contributed by atoms with Crippen molar-refractivity contribution in [2.24, 2.45) is 0 Å². The summed E-state index contributed by atoms with van der Waals surface area (Å²) >= 11 is 15.4. The molecule has 0 atom stereocenters. The molecule has 3 aromatic rings. The Bertz CT molecular complexity index is 1300. The largest absolute Gasteiger partial charge is 0.488 e. The van der Waals surface area contributed by atoms with Crippen molar-refractivity contribution in [2.45, 2.75) is 12.8 Å². The molecule has 0 saturated carbocycles. The predicted octanol–water partition coefficient (Wildman–Crippen LogP) is 7.90. The van der Waals surface area contributed by atoms with Crippen LogP contribution in [0.25, 0.3) is 6.08 Å². The van der Waals surface area contributed by atoms with Gasteiger partial charge in [0.1, 0.15) is 24.0 Å². The summed E-state index contributed by atoms with van der Waals surface area (Å²) in [6.45, 7) is 0.0940. The predicted molar refractivity (Wildman–Crippen MR) is 129 cm³/mol. The molecule has 0 aliphatic carbocycles. The van der Waals surface area contributed by atoms with E-state index in [-0.39, 0.29) is 17.9 Å². The van der Waals surface area contributed by atoms with Crippen molar-refractivity contribution >= 4 is 56.8 Å². The van der Waals surface area contributed by atoms with Gasteiger partial charge >= 0.3 is 6.18 Å². The number of nitrogens with zero attached hydrogens (tertiary/aromatic N) is 1. The quantitative estimate of drug-likeness (QED) is 0.242. The lowest BCUT2D eigenvalue weighted by Gasteiger charge is -2.12. The molecule has 0 unspecified atom stereocenters. The van der Waals surface area contributed by atoms with Crippen LogP contribution < -0.4 is 10.1 Å². The van der Waals surface area contributed by atoms with Crippen molar-refractivity contribution in [3.63, 3.8) is 0 Å². The maximum absolute atomic E-state index is 12.9. The molecule has 0 aliphatic rings. The van der Waals surface area contributed by atoms with E-state index in [1.807, 2.05) is 0 Å². The van der Waals surface area contributed by atoms with Gasteiger partial charge in [-0.1, -0.05) is 51.3 Å². The van der Waals surface area contributed by atoms with Gasteiger partial charge in [0, 0.05) is 31.3 Å². The Kier molecular flexibility index (Phi) is 8.26. The molecule has 0 fully saturated rings. The van der Waals surface area contributed by atoms with Crippen molar-refractivity contribution < 1.29 is 22.7 Å². The van der Waals surface area contributed by atoms with Crippen LogP contribution in [-0.4, -0.2) is 5.91 Å². The number of anilines is 1. The second-order valence-corrected chi connectivity index (χ2v) is 8.67. The molecule has 0 radical (unpaired) electrons. The molecule has 3 aromatic carbocycles. The van der Waals surface area contributed by atoms with Crippen LogP contribution in [0, 0.1) is 11.3 Å². The third kappa shape index (κ3) is 6.76. The van der Waals surface area contributed by atoms with Gasteiger partial charge in [0.05, 0.1) is 5.56 Å². The zero-order valence-electron chi connectivity index (χ0n) is 17.1. The third-order valence-corrected chi connectivity index (χ3v) is 5.56. The molecule has 0 spiro atoms. The second-order valence-electron chi connectivity index (χ2n) is 6.91. The van der Waals surface area contributed by atoms with Gasteiger partial charge in [0.2, 0.25) is 0 Å². The standard InChI is InChI=1S/C24H14BrCl2F3N2O2/c25-18-5-7-22(34-13-14-4-6-19(26)11-21(14)27)15(9-18)8-16(12-31)23(33)32-20-3-1-2-17(10-20)24(28,29)30/h1-11H,13H2,(H,32,33)/b16-8+. The highest BCUT2D eigenvalue weighted by molar-refractivity contribution is 9.10. The number of carbonyl (C=O) groups excluding carboxylic acids is 1. The van der Waals surface area contributed by atoms with Crippen molar-refractivity contribution in [1.82, 2.24) is 0 Å². The molecule has 0 aliphatic heterocycles. The van der Waals surface area contributed by atoms with E-state index in [4.69, 9.17) is 27.9 Å². The minimum atomic E-state index is -4.57. The fraction of sp³-hybridized carbons (Fsp3) is 0.0833. The molecular weight excluding hydrogens is 556 g/mol. The molecule has 1 amide bonds. The molecule has 4 nitrogen and oxygen atoms in total. The summed E-state index contributed by atoms with van der Waals surface area (Å²) in [5, 5.41) is 12.7. The normalized spacial score (nSPS) is 11.6. The number of amides is 1. The molecule has 10 heteroatoms. The Morgan fingerprint density at radius 1 is 1.12 bits per heavy atom. The van der Waals surface area contributed by atoms with Crippen LogP contribution in [0.2, 0.25) is 10.0 Å². The van der Waals surface area contributed by atoms with Gasteiger partial charge in [0.25, 0.3) is 5.91 Å². The maximum Gasteiger partial charge on any atom is 0.416 e. The van der Waals surface area contributed by atoms with Crippen molar-refractivity contribution in [1.29, 1.82) is 5.26 Å². The van der Waals surface area contributed by atoms with E-state index in [9.17, 15) is 23.2 Å². The molecule has 174 valence electrons. The highest BCUT2D eigenvalue weighted by atomic mass is 79.9. The van der Waals surface area contributed by atoms with Crippen LogP contribution in [-0.2, 0) is 17.6 Å². The zero-order valence-corrected chi connectivity index (χ0v) is 20.2. The van der Waals surface area contributed by atoms with Gasteiger partial charge in [-0.15, -0.1) is 0 Å². The number of benzene rings is 3. The Labute approximate surface area is 211 Å². The lowest BCUT2D eigenvalue weighted by Crippen LogP contribution is -2.14. The van der Waals surface area contributed by atoms with Crippen LogP contribution in [0.5, 0.6) is 5.75 Å². The molecule has 1 N–H and O–H groups in total. The minimum Gasteiger partial charge on any atom is -0.488 e. The summed E-state index contributed by atoms with van der Waals surface area (Å²) in [5.74, 6) is -0.512. The van der Waals surface area contributed by atoms with Crippen molar-refractivity contribution in [3.05, 3.63) is 97.4 Å².